The number of methoxy groups -OCH3 is 2. The first-order chi connectivity index (χ1) is 16.9. The Morgan fingerprint density at radius 1 is 1.06 bits per heavy atom. The molecule has 0 bridgehead atoms. The van der Waals surface area contributed by atoms with Crippen molar-refractivity contribution in [1.29, 1.82) is 0 Å². The van der Waals surface area contributed by atoms with Crippen molar-refractivity contribution in [3.05, 3.63) is 59.3 Å². The molecule has 7 nitrogen and oxygen atoms in total. The Balaban J connectivity index is 1.63. The maximum absolute atomic E-state index is 12.1. The fourth-order valence-corrected chi connectivity index (χ4v) is 6.25. The molecule has 3 aromatic rings. The highest BCUT2D eigenvalue weighted by atomic mass is 16.5. The number of carbonyl (C=O) groups is 1. The van der Waals surface area contributed by atoms with Gasteiger partial charge in [0.25, 0.3) is 0 Å². The fraction of sp³-hybridized carbons (Fsp3) is 0.464. The number of hydrogen-bond donors (Lipinski definition) is 1. The third-order valence-electron chi connectivity index (χ3n) is 8.13. The smallest absolute Gasteiger partial charge is 0.219 e. The van der Waals surface area contributed by atoms with E-state index in [2.05, 4.69) is 40.8 Å². The Bertz CT molecular complexity index is 1230. The molecule has 186 valence electrons. The van der Waals surface area contributed by atoms with Crippen molar-refractivity contribution in [1.82, 2.24) is 14.4 Å². The lowest BCUT2D eigenvalue weighted by Crippen LogP contribution is -2.54. The topological polar surface area (TPSA) is 67.2 Å². The molecule has 1 amide bonds. The van der Waals surface area contributed by atoms with E-state index in [9.17, 15) is 9.90 Å². The molecule has 1 N–H and O–H groups in total. The standard InChI is InChI=1S/C28H35N3O4/c1-19(33)30-13-11-28(12-14-30)18-31(16-20-5-7-21(34-3)8-6-20)25(17-32)27-26(28)23-10-9-22(35-4)15-24(23)29(27)2/h5-10,15,25,32H,11-14,16-18H2,1-4H3/t25-/m1/s1. The van der Waals surface area contributed by atoms with Crippen LogP contribution in [0.4, 0.5) is 0 Å². The van der Waals surface area contributed by atoms with Crippen molar-refractivity contribution in [2.45, 2.75) is 37.8 Å². The highest BCUT2D eigenvalue weighted by Gasteiger charge is 2.48. The molecule has 1 fully saturated rings. The molecule has 2 aromatic carbocycles. The van der Waals surface area contributed by atoms with Crippen molar-refractivity contribution in [2.75, 3.05) is 40.5 Å². The maximum atomic E-state index is 12.1. The van der Waals surface area contributed by atoms with Crippen molar-refractivity contribution in [2.24, 2.45) is 7.05 Å². The van der Waals surface area contributed by atoms with Crippen LogP contribution in [0, 0.1) is 0 Å². The molecule has 7 heteroatoms. The molecule has 0 saturated carbocycles. The van der Waals surface area contributed by atoms with E-state index in [1.54, 1.807) is 21.1 Å². The van der Waals surface area contributed by atoms with Gasteiger partial charge in [-0.2, -0.15) is 0 Å². The van der Waals surface area contributed by atoms with Crippen LogP contribution >= 0.6 is 0 Å². The summed E-state index contributed by atoms with van der Waals surface area (Å²) in [6.07, 6.45) is 1.81. The van der Waals surface area contributed by atoms with Crippen LogP contribution in [0.25, 0.3) is 10.9 Å². The second-order valence-corrected chi connectivity index (χ2v) is 9.94. The molecular formula is C28H35N3O4. The summed E-state index contributed by atoms with van der Waals surface area (Å²) in [5.74, 6) is 1.80. The van der Waals surface area contributed by atoms with Gasteiger partial charge in [-0.25, -0.2) is 0 Å². The number of hydrogen-bond acceptors (Lipinski definition) is 5. The monoisotopic (exact) mass is 477 g/mol. The summed E-state index contributed by atoms with van der Waals surface area (Å²) in [5.41, 5.74) is 4.72. The highest BCUT2D eigenvalue weighted by Crippen LogP contribution is 2.50. The number of carbonyl (C=O) groups excluding carboxylic acids is 1. The average molecular weight is 478 g/mol. The van der Waals surface area contributed by atoms with E-state index >= 15 is 0 Å². The predicted octanol–water partition coefficient (Wildman–Crippen LogP) is 3.62. The van der Waals surface area contributed by atoms with Gasteiger partial charge < -0.3 is 24.0 Å². The molecule has 1 spiro atoms. The van der Waals surface area contributed by atoms with Gasteiger partial charge in [0.15, 0.2) is 0 Å². The molecule has 2 aliphatic rings. The van der Waals surface area contributed by atoms with Gasteiger partial charge in [0.2, 0.25) is 5.91 Å². The molecule has 3 heterocycles. The molecule has 0 unspecified atom stereocenters. The van der Waals surface area contributed by atoms with E-state index in [-0.39, 0.29) is 24.0 Å². The second-order valence-electron chi connectivity index (χ2n) is 9.94. The summed E-state index contributed by atoms with van der Waals surface area (Å²) in [5, 5.41) is 11.9. The largest absolute Gasteiger partial charge is 0.497 e. The number of amides is 1. The Hall–Kier alpha value is -3.03. The Morgan fingerprint density at radius 3 is 2.31 bits per heavy atom. The SMILES string of the molecule is COc1ccc(CN2CC3(CCN(C(C)=O)CC3)c3c(n(C)c4cc(OC)ccc34)[C@H]2CO)cc1. The number of piperidine rings is 1. The van der Waals surface area contributed by atoms with Crippen molar-refractivity contribution in [3.63, 3.8) is 0 Å². The first kappa shape index (κ1) is 23.7. The van der Waals surface area contributed by atoms with Crippen LogP contribution < -0.4 is 9.47 Å². The highest BCUT2D eigenvalue weighted by molar-refractivity contribution is 5.88. The minimum atomic E-state index is -0.119. The summed E-state index contributed by atoms with van der Waals surface area (Å²) in [4.78, 5) is 16.5. The predicted molar refractivity (Wildman–Crippen MR) is 136 cm³/mol. The molecule has 0 radical (unpaired) electrons. The first-order valence-electron chi connectivity index (χ1n) is 12.3. The molecule has 2 aliphatic heterocycles. The number of ether oxygens (including phenoxy) is 2. The minimum absolute atomic E-state index is 0.0418. The van der Waals surface area contributed by atoms with Gasteiger partial charge in [-0.1, -0.05) is 12.1 Å². The number of aryl methyl sites for hydroxylation is 1. The van der Waals surface area contributed by atoms with E-state index in [1.807, 2.05) is 23.1 Å². The molecule has 5 rings (SSSR count). The van der Waals surface area contributed by atoms with E-state index in [0.29, 0.717) is 0 Å². The van der Waals surface area contributed by atoms with Crippen molar-refractivity contribution in [3.8, 4) is 11.5 Å². The molecule has 1 saturated heterocycles. The van der Waals surface area contributed by atoms with Crippen molar-refractivity contribution >= 4 is 16.8 Å². The van der Waals surface area contributed by atoms with Crippen LogP contribution in [0.1, 0.15) is 42.6 Å². The number of rotatable bonds is 5. The lowest BCUT2D eigenvalue weighted by molar-refractivity contribution is -0.130. The molecule has 1 atom stereocenters. The number of aromatic nitrogens is 1. The van der Waals surface area contributed by atoms with Crippen molar-refractivity contribution < 1.29 is 19.4 Å². The summed E-state index contributed by atoms with van der Waals surface area (Å²) < 4.78 is 13.1. The molecule has 0 aliphatic carbocycles. The summed E-state index contributed by atoms with van der Waals surface area (Å²) >= 11 is 0. The summed E-state index contributed by atoms with van der Waals surface area (Å²) in [6, 6.07) is 14.3. The number of fused-ring (bicyclic) bond motifs is 4. The van der Waals surface area contributed by atoms with Gasteiger partial charge in [-0.05, 0) is 48.2 Å². The zero-order chi connectivity index (χ0) is 24.7. The third-order valence-corrected chi connectivity index (χ3v) is 8.13. The second kappa shape index (κ2) is 9.21. The Labute approximate surface area is 206 Å². The van der Waals surface area contributed by atoms with Crippen LogP contribution in [0.5, 0.6) is 11.5 Å². The van der Waals surface area contributed by atoms with Gasteiger partial charge in [-0.15, -0.1) is 0 Å². The van der Waals surface area contributed by atoms with E-state index in [0.717, 1.165) is 56.0 Å². The van der Waals surface area contributed by atoms with Gasteiger partial charge >= 0.3 is 0 Å². The van der Waals surface area contributed by atoms with Gasteiger partial charge in [0.1, 0.15) is 11.5 Å². The number of benzene rings is 2. The van der Waals surface area contributed by atoms with Gasteiger partial charge in [-0.3, -0.25) is 9.69 Å². The van der Waals surface area contributed by atoms with E-state index < -0.39 is 0 Å². The summed E-state index contributed by atoms with van der Waals surface area (Å²) in [6.45, 7) is 4.78. The first-order valence-corrected chi connectivity index (χ1v) is 12.3. The fourth-order valence-electron chi connectivity index (χ4n) is 6.25. The van der Waals surface area contributed by atoms with Crippen LogP contribution in [-0.4, -0.2) is 65.8 Å². The van der Waals surface area contributed by atoms with Crippen LogP contribution in [0.2, 0.25) is 0 Å². The zero-order valence-electron chi connectivity index (χ0n) is 21.1. The lowest BCUT2D eigenvalue weighted by atomic mass is 9.68. The number of aliphatic hydroxyl groups excluding tert-OH is 1. The van der Waals surface area contributed by atoms with Gasteiger partial charge in [0.05, 0.1) is 32.4 Å². The summed E-state index contributed by atoms with van der Waals surface area (Å²) in [7, 11) is 5.46. The Morgan fingerprint density at radius 2 is 1.71 bits per heavy atom. The zero-order valence-corrected chi connectivity index (χ0v) is 21.1. The number of aliphatic hydroxyl groups is 1. The quantitative estimate of drug-likeness (QED) is 0.608. The van der Waals surface area contributed by atoms with Gasteiger partial charge in [0, 0.05) is 62.7 Å². The van der Waals surface area contributed by atoms with E-state index in [1.165, 1.54) is 22.2 Å². The maximum Gasteiger partial charge on any atom is 0.219 e. The van der Waals surface area contributed by atoms with E-state index in [4.69, 9.17) is 9.47 Å². The molecule has 1 aromatic heterocycles. The number of likely N-dealkylation sites (tertiary alicyclic amines) is 1. The average Bonchev–Trinajstić information content (AvgIpc) is 3.17. The minimum Gasteiger partial charge on any atom is -0.497 e. The molecule has 35 heavy (non-hydrogen) atoms. The Kier molecular flexibility index (Phi) is 6.23. The third kappa shape index (κ3) is 3.96. The molecular weight excluding hydrogens is 442 g/mol. The van der Waals surface area contributed by atoms with Crippen LogP contribution in [0.15, 0.2) is 42.5 Å². The normalized spacial score (nSPS) is 19.7. The van der Waals surface area contributed by atoms with Crippen LogP contribution in [-0.2, 0) is 23.8 Å². The van der Waals surface area contributed by atoms with Crippen LogP contribution in [0.3, 0.4) is 0 Å². The lowest BCUT2D eigenvalue weighted by Gasteiger charge is -2.50. The number of nitrogens with zero attached hydrogens (tertiary/aromatic N) is 3.